The van der Waals surface area contributed by atoms with Crippen molar-refractivity contribution in [3.63, 3.8) is 0 Å². The predicted octanol–water partition coefficient (Wildman–Crippen LogP) is 11.5. The van der Waals surface area contributed by atoms with Crippen molar-refractivity contribution in [2.75, 3.05) is 80.8 Å². The van der Waals surface area contributed by atoms with Crippen molar-refractivity contribution >= 4 is 60.7 Å². The van der Waals surface area contributed by atoms with Crippen LogP contribution in [0.25, 0.3) is 0 Å². The maximum Gasteiger partial charge on any atom is 0.264 e. The van der Waals surface area contributed by atoms with E-state index in [9.17, 15) is 30.7 Å². The van der Waals surface area contributed by atoms with Crippen LogP contribution >= 0.6 is 11.8 Å². The summed E-state index contributed by atoms with van der Waals surface area (Å²) in [4.78, 5) is 22.9. The SMILES string of the molecule is COc1ccccc1N1CCN(CCCCCNC(=O)c2ccc(SC3=C(/C=C/C4=[N+](CCCCS(=O)(=O)O)c5ccccc5C4(C)C)CCC/C3=C\C=C3\N(CCCCS(=O)(=O)O)c4ccccc4C3(C)C)cc2)CC1. The summed E-state index contributed by atoms with van der Waals surface area (Å²) in [6, 6.07) is 32.9. The predicted molar refractivity (Wildman–Crippen MR) is 314 cm³/mol. The van der Waals surface area contributed by atoms with Gasteiger partial charge in [-0.2, -0.15) is 21.4 Å². The first kappa shape index (κ1) is 57.7. The third-order valence-corrected chi connectivity index (χ3v) is 18.4. The molecule has 412 valence electrons. The summed E-state index contributed by atoms with van der Waals surface area (Å²) in [6.07, 6.45) is 16.6. The van der Waals surface area contributed by atoms with Crippen LogP contribution in [0.5, 0.6) is 5.75 Å². The molecule has 0 bridgehead atoms. The highest BCUT2D eigenvalue weighted by molar-refractivity contribution is 8.03. The van der Waals surface area contributed by atoms with Gasteiger partial charge in [-0.1, -0.05) is 92.7 Å². The number of para-hydroxylation sites is 4. The zero-order valence-corrected chi connectivity index (χ0v) is 48.0. The van der Waals surface area contributed by atoms with E-state index in [-0.39, 0.29) is 28.2 Å². The molecule has 0 radical (unpaired) electrons. The molecule has 4 aromatic carbocycles. The van der Waals surface area contributed by atoms with E-state index < -0.39 is 20.2 Å². The quantitative estimate of drug-likeness (QED) is 0.0347. The molecule has 1 amide bonds. The lowest BCUT2D eigenvalue weighted by Crippen LogP contribution is -2.46. The second kappa shape index (κ2) is 25.5. The number of carbonyl (C=O) groups excluding carboxylic acids is 1. The van der Waals surface area contributed by atoms with Crippen molar-refractivity contribution in [1.82, 2.24) is 10.2 Å². The lowest BCUT2D eigenvalue weighted by molar-refractivity contribution is -0.438. The van der Waals surface area contributed by atoms with E-state index in [1.54, 1.807) is 18.9 Å². The van der Waals surface area contributed by atoms with Gasteiger partial charge in [0.1, 0.15) is 12.3 Å². The largest absolute Gasteiger partial charge is 0.495 e. The van der Waals surface area contributed by atoms with Crippen LogP contribution < -0.4 is 19.9 Å². The summed E-state index contributed by atoms with van der Waals surface area (Å²) < 4.78 is 73.3. The number of nitrogens with zero attached hydrogens (tertiary/aromatic N) is 4. The normalized spacial score (nSPS) is 18.7. The van der Waals surface area contributed by atoms with E-state index in [1.807, 2.05) is 48.5 Å². The Hall–Kier alpha value is -5.49. The maximum atomic E-state index is 13.5. The van der Waals surface area contributed by atoms with E-state index >= 15 is 0 Å². The minimum Gasteiger partial charge on any atom is -0.495 e. The van der Waals surface area contributed by atoms with E-state index in [0.29, 0.717) is 50.9 Å². The lowest BCUT2D eigenvalue weighted by atomic mass is 9.81. The van der Waals surface area contributed by atoms with Gasteiger partial charge >= 0.3 is 0 Å². The Morgan fingerprint density at radius 2 is 1.35 bits per heavy atom. The van der Waals surface area contributed by atoms with Crippen molar-refractivity contribution in [2.45, 2.75) is 108 Å². The fourth-order valence-corrected chi connectivity index (χ4v) is 13.7. The number of nitrogens with one attached hydrogen (secondary N) is 1. The highest BCUT2D eigenvalue weighted by atomic mass is 32.2. The molecule has 1 saturated heterocycles. The van der Waals surface area contributed by atoms with Gasteiger partial charge in [0.05, 0.1) is 29.7 Å². The van der Waals surface area contributed by atoms with Crippen LogP contribution in [0.2, 0.25) is 0 Å². The number of hydrogen-bond acceptors (Lipinski definition) is 10. The Morgan fingerprint density at radius 1 is 0.701 bits per heavy atom. The number of unbranched alkanes of at least 4 members (excludes halogenated alkanes) is 4. The minimum atomic E-state index is -4.06. The topological polar surface area (TPSA) is 160 Å². The first-order chi connectivity index (χ1) is 36.8. The number of thioether (sulfide) groups is 1. The summed E-state index contributed by atoms with van der Waals surface area (Å²) in [5.41, 5.74) is 10.3. The third-order valence-electron chi connectivity index (χ3n) is 15.6. The van der Waals surface area contributed by atoms with Crippen molar-refractivity contribution in [2.24, 2.45) is 0 Å². The molecule has 4 aromatic rings. The lowest BCUT2D eigenvalue weighted by Gasteiger charge is -2.36. The number of anilines is 2. The van der Waals surface area contributed by atoms with E-state index in [2.05, 4.69) is 125 Å². The summed E-state index contributed by atoms with van der Waals surface area (Å²) >= 11 is 1.71. The molecule has 0 spiro atoms. The molecule has 0 aromatic heterocycles. The zero-order chi connectivity index (χ0) is 54.8. The Morgan fingerprint density at radius 3 is 2.06 bits per heavy atom. The van der Waals surface area contributed by atoms with E-state index in [1.165, 1.54) is 22.3 Å². The number of fused-ring (bicyclic) bond motifs is 2. The maximum absolute atomic E-state index is 13.5. The average molecular weight is 1110 g/mol. The molecule has 4 aliphatic rings. The molecule has 0 atom stereocenters. The Bertz CT molecular complexity index is 3130. The third kappa shape index (κ3) is 14.6. The number of ether oxygens (including phenoxy) is 1. The molecule has 0 saturated carbocycles. The second-order valence-corrected chi connectivity index (χ2v) is 25.9. The van der Waals surface area contributed by atoms with Gasteiger partial charge in [-0.15, -0.1) is 0 Å². The Balaban J connectivity index is 0.998. The van der Waals surface area contributed by atoms with Gasteiger partial charge < -0.3 is 19.9 Å². The van der Waals surface area contributed by atoms with E-state index in [0.717, 1.165) is 115 Å². The van der Waals surface area contributed by atoms with Crippen molar-refractivity contribution < 1.29 is 40.0 Å². The number of methoxy groups -OCH3 is 1. The molecule has 16 heteroatoms. The van der Waals surface area contributed by atoms with Gasteiger partial charge in [-0.05, 0) is 137 Å². The fourth-order valence-electron chi connectivity index (χ4n) is 11.4. The van der Waals surface area contributed by atoms with Crippen LogP contribution in [0.15, 0.2) is 148 Å². The van der Waals surface area contributed by atoms with Crippen LogP contribution in [0, 0.1) is 0 Å². The number of piperazine rings is 1. The van der Waals surface area contributed by atoms with Crippen molar-refractivity contribution in [3.8, 4) is 5.75 Å². The molecular formula is C61H78N5O8S3+. The smallest absolute Gasteiger partial charge is 0.264 e. The monoisotopic (exact) mass is 1100 g/mol. The van der Waals surface area contributed by atoms with Crippen LogP contribution in [-0.4, -0.2) is 118 Å². The number of hydrogen-bond donors (Lipinski definition) is 3. The molecule has 13 nitrogen and oxygen atoms in total. The molecule has 3 N–H and O–H groups in total. The summed E-state index contributed by atoms with van der Waals surface area (Å²) in [5, 5.41) is 3.15. The fraction of sp³-hybridized carbons (Fsp3) is 0.443. The van der Waals surface area contributed by atoms with Gasteiger partial charge in [0.15, 0.2) is 5.71 Å². The molecule has 77 heavy (non-hydrogen) atoms. The highest BCUT2D eigenvalue weighted by Crippen LogP contribution is 2.49. The second-order valence-electron chi connectivity index (χ2n) is 21.7. The summed E-state index contributed by atoms with van der Waals surface area (Å²) in [5.74, 6) is 0.287. The Kier molecular flexibility index (Phi) is 19.1. The van der Waals surface area contributed by atoms with Crippen LogP contribution in [0.3, 0.4) is 0 Å². The highest BCUT2D eigenvalue weighted by Gasteiger charge is 2.44. The molecule has 8 rings (SSSR count). The molecule has 0 unspecified atom stereocenters. The average Bonchev–Trinajstić information content (AvgIpc) is 3.76. The van der Waals surface area contributed by atoms with Gasteiger partial charge in [-0.25, -0.2) is 0 Å². The summed E-state index contributed by atoms with van der Waals surface area (Å²) in [6.45, 7) is 15.8. The van der Waals surface area contributed by atoms with Crippen LogP contribution in [0.4, 0.5) is 17.1 Å². The number of amides is 1. The van der Waals surface area contributed by atoms with Crippen LogP contribution in [-0.2, 0) is 31.1 Å². The minimum absolute atomic E-state index is 0.0795. The van der Waals surface area contributed by atoms with Gasteiger partial charge in [0.25, 0.3) is 26.1 Å². The number of allylic oxidation sites excluding steroid dienone is 7. The first-order valence-corrected chi connectivity index (χ1v) is 31.4. The standard InChI is InChI=1S/C61H77N5O8S3/c1-60(2)50-22-7-9-24-52(50)65(38-15-17-44-76(68,69)70)56(60)34-30-46-20-19-21-47(31-35-57-61(3,4)51-23-8-10-25-53(51)66(57)39-16-18-45-77(71,72)73)58(46)75-49-32-28-48(29-33-49)59(67)62-36-13-6-14-37-63-40-42-64(43-41-63)54-26-11-12-27-55(54)74-5/h7-12,22-35H,6,13-21,36-45H2,1-5H3,(H2-,62,67,68,69,70,71,72,73)/p+1. The molecule has 3 heterocycles. The zero-order valence-electron chi connectivity index (χ0n) is 45.5. The van der Waals surface area contributed by atoms with Gasteiger partial charge in [0.2, 0.25) is 5.69 Å². The van der Waals surface area contributed by atoms with E-state index in [4.69, 9.17) is 4.74 Å². The van der Waals surface area contributed by atoms with Crippen molar-refractivity contribution in [3.05, 3.63) is 160 Å². The summed E-state index contributed by atoms with van der Waals surface area (Å²) in [7, 11) is -6.40. The number of carbonyl (C=O) groups is 1. The Labute approximate surface area is 462 Å². The van der Waals surface area contributed by atoms with Crippen LogP contribution in [0.1, 0.15) is 113 Å². The molecule has 3 aliphatic heterocycles. The molecular weight excluding hydrogens is 1030 g/mol. The number of rotatable bonds is 24. The van der Waals surface area contributed by atoms with Crippen molar-refractivity contribution in [1.29, 1.82) is 0 Å². The number of benzene rings is 4. The van der Waals surface area contributed by atoms with Gasteiger partial charge in [0, 0.05) is 95.6 Å². The first-order valence-electron chi connectivity index (χ1n) is 27.4. The molecule has 1 aliphatic carbocycles. The van der Waals surface area contributed by atoms with Gasteiger partial charge in [-0.3, -0.25) is 18.8 Å². The molecule has 1 fully saturated rings.